The maximum atomic E-state index is 5.17. The molecule has 0 saturated carbocycles. The maximum Gasteiger partial charge on any atom is 0.256 e. The highest BCUT2D eigenvalue weighted by molar-refractivity contribution is 5.92. The van der Waals surface area contributed by atoms with Gasteiger partial charge < -0.3 is 9.47 Å². The quantitative estimate of drug-likeness (QED) is 0.571. The summed E-state index contributed by atoms with van der Waals surface area (Å²) >= 11 is 0. The fourth-order valence-corrected chi connectivity index (χ4v) is 0.713. The van der Waals surface area contributed by atoms with Gasteiger partial charge in [-0.05, 0) is 6.92 Å². The molecule has 1 aliphatic rings. The predicted molar refractivity (Wildman–Crippen MR) is 43.3 cm³/mol. The van der Waals surface area contributed by atoms with Crippen molar-refractivity contribution in [3.63, 3.8) is 0 Å². The van der Waals surface area contributed by atoms with E-state index in [0.717, 1.165) is 0 Å². The van der Waals surface area contributed by atoms with Crippen LogP contribution in [0, 0.1) is 0 Å². The van der Waals surface area contributed by atoms with Gasteiger partial charge in [-0.15, -0.1) is 0 Å². The molecule has 1 rings (SSSR count). The molecule has 0 amide bonds. The Morgan fingerprint density at radius 1 is 1.45 bits per heavy atom. The lowest BCUT2D eigenvalue weighted by Crippen LogP contribution is -2.21. The molecule has 0 aliphatic carbocycles. The molecule has 11 heavy (non-hydrogen) atoms. The zero-order valence-corrected chi connectivity index (χ0v) is 6.59. The fraction of sp³-hybridized carbons (Fsp3) is 0.375. The number of aliphatic imine (C=N–C) groups is 1. The van der Waals surface area contributed by atoms with Crippen LogP contribution in [-0.2, 0) is 9.47 Å². The molecule has 1 aliphatic heterocycles. The highest BCUT2D eigenvalue weighted by Gasteiger charge is 2.12. The number of hydrogen-bond acceptors (Lipinski definition) is 3. The summed E-state index contributed by atoms with van der Waals surface area (Å²) < 4.78 is 10.3. The summed E-state index contributed by atoms with van der Waals surface area (Å²) in [7, 11) is 0. The Balaban J connectivity index is 2.68. The van der Waals surface area contributed by atoms with Crippen molar-refractivity contribution in [2.45, 2.75) is 6.92 Å². The van der Waals surface area contributed by atoms with E-state index in [-0.39, 0.29) is 0 Å². The molecule has 0 aromatic carbocycles. The third kappa shape index (κ3) is 2.11. The minimum Gasteiger partial charge on any atom is -0.485 e. The Morgan fingerprint density at radius 2 is 2.09 bits per heavy atom. The second-order valence-corrected chi connectivity index (χ2v) is 2.27. The first kappa shape index (κ1) is 7.85. The largest absolute Gasteiger partial charge is 0.485 e. The van der Waals surface area contributed by atoms with Gasteiger partial charge in [0.25, 0.3) is 5.90 Å². The van der Waals surface area contributed by atoms with Crippen LogP contribution in [0.15, 0.2) is 29.6 Å². The van der Waals surface area contributed by atoms with E-state index in [1.54, 1.807) is 6.92 Å². The van der Waals surface area contributed by atoms with E-state index in [1.807, 2.05) is 0 Å². The van der Waals surface area contributed by atoms with Crippen molar-refractivity contribution in [1.82, 2.24) is 0 Å². The topological polar surface area (TPSA) is 30.8 Å². The molecule has 0 aromatic heterocycles. The maximum absolute atomic E-state index is 5.17. The van der Waals surface area contributed by atoms with E-state index < -0.39 is 0 Å². The van der Waals surface area contributed by atoms with Gasteiger partial charge in [-0.1, -0.05) is 13.2 Å². The Kier molecular flexibility index (Phi) is 2.31. The average molecular weight is 153 g/mol. The number of rotatable bonds is 1. The Bertz CT molecular complexity index is 218. The zero-order chi connectivity index (χ0) is 8.27. The standard InChI is InChI=1S/C8H11NO2/c1-6(2)9-8-7(3)10-4-5-11-8/h1,3-5H2,2H3. The van der Waals surface area contributed by atoms with Gasteiger partial charge in [0.15, 0.2) is 5.76 Å². The molecule has 0 aromatic rings. The van der Waals surface area contributed by atoms with E-state index in [1.165, 1.54) is 0 Å². The van der Waals surface area contributed by atoms with Crippen LogP contribution in [0.25, 0.3) is 0 Å². The predicted octanol–water partition coefficient (Wildman–Crippen LogP) is 1.48. The summed E-state index contributed by atoms with van der Waals surface area (Å²) in [5.41, 5.74) is 0.687. The monoisotopic (exact) mass is 153 g/mol. The summed E-state index contributed by atoms with van der Waals surface area (Å²) in [6.07, 6.45) is 0. The van der Waals surface area contributed by atoms with Crippen LogP contribution < -0.4 is 0 Å². The zero-order valence-electron chi connectivity index (χ0n) is 6.59. The van der Waals surface area contributed by atoms with Gasteiger partial charge in [0.2, 0.25) is 0 Å². The summed E-state index contributed by atoms with van der Waals surface area (Å²) in [6, 6.07) is 0. The third-order valence-electron chi connectivity index (χ3n) is 1.13. The van der Waals surface area contributed by atoms with Crippen molar-refractivity contribution >= 4 is 5.90 Å². The summed E-state index contributed by atoms with van der Waals surface area (Å²) in [4.78, 5) is 3.99. The summed E-state index contributed by atoms with van der Waals surface area (Å²) in [6.45, 7) is 10.1. The second kappa shape index (κ2) is 3.23. The van der Waals surface area contributed by atoms with Gasteiger partial charge in [-0.25, -0.2) is 4.99 Å². The Hall–Kier alpha value is -1.25. The van der Waals surface area contributed by atoms with Gasteiger partial charge in [-0.2, -0.15) is 0 Å². The molecule has 0 radical (unpaired) electrons. The van der Waals surface area contributed by atoms with Gasteiger partial charge in [0, 0.05) is 5.70 Å². The van der Waals surface area contributed by atoms with E-state index in [2.05, 4.69) is 18.2 Å². The van der Waals surface area contributed by atoms with Crippen molar-refractivity contribution in [1.29, 1.82) is 0 Å². The minimum atomic E-state index is 0.448. The smallest absolute Gasteiger partial charge is 0.256 e. The lowest BCUT2D eigenvalue weighted by atomic mass is 10.5. The van der Waals surface area contributed by atoms with Crippen LogP contribution in [0.1, 0.15) is 6.92 Å². The molecular formula is C8H11NO2. The molecule has 1 fully saturated rings. The molecule has 0 N–H and O–H groups in total. The van der Waals surface area contributed by atoms with Crippen LogP contribution in [0.4, 0.5) is 0 Å². The van der Waals surface area contributed by atoms with Crippen molar-refractivity contribution in [3.8, 4) is 0 Å². The highest BCUT2D eigenvalue weighted by Crippen LogP contribution is 2.07. The number of nitrogens with zero attached hydrogens (tertiary/aromatic N) is 1. The molecule has 60 valence electrons. The molecule has 1 saturated heterocycles. The van der Waals surface area contributed by atoms with Gasteiger partial charge in [0.1, 0.15) is 13.2 Å². The first-order chi connectivity index (χ1) is 5.20. The number of ether oxygens (including phenoxy) is 2. The van der Waals surface area contributed by atoms with Crippen molar-refractivity contribution < 1.29 is 9.47 Å². The third-order valence-corrected chi connectivity index (χ3v) is 1.13. The summed E-state index contributed by atoms with van der Waals surface area (Å²) in [5, 5.41) is 0. The number of hydrogen-bond donors (Lipinski definition) is 0. The van der Waals surface area contributed by atoms with E-state index in [4.69, 9.17) is 9.47 Å². The molecule has 1 heterocycles. The Labute approximate surface area is 66.0 Å². The molecule has 0 spiro atoms. The summed E-state index contributed by atoms with van der Waals surface area (Å²) in [5.74, 6) is 0.933. The van der Waals surface area contributed by atoms with Crippen LogP contribution in [0.2, 0.25) is 0 Å². The van der Waals surface area contributed by atoms with Crippen LogP contribution >= 0.6 is 0 Å². The van der Waals surface area contributed by atoms with E-state index in [0.29, 0.717) is 30.6 Å². The van der Waals surface area contributed by atoms with Crippen LogP contribution in [0.3, 0.4) is 0 Å². The van der Waals surface area contributed by atoms with Crippen LogP contribution in [-0.4, -0.2) is 19.1 Å². The fourth-order valence-electron chi connectivity index (χ4n) is 0.713. The molecule has 0 unspecified atom stereocenters. The SMILES string of the molecule is C=C(C)N=C1OCCOC1=C. The van der Waals surface area contributed by atoms with Crippen molar-refractivity contribution in [2.75, 3.05) is 13.2 Å². The number of allylic oxidation sites excluding steroid dienone is 1. The lowest BCUT2D eigenvalue weighted by molar-refractivity contribution is 0.118. The molecule has 3 heteroatoms. The van der Waals surface area contributed by atoms with Crippen molar-refractivity contribution in [3.05, 3.63) is 24.6 Å². The normalized spacial score (nSPS) is 20.8. The highest BCUT2D eigenvalue weighted by atomic mass is 16.6. The van der Waals surface area contributed by atoms with Crippen molar-refractivity contribution in [2.24, 2.45) is 4.99 Å². The molecule has 3 nitrogen and oxygen atoms in total. The average Bonchev–Trinajstić information content (AvgIpc) is 1.93. The lowest BCUT2D eigenvalue weighted by Gasteiger charge is -2.17. The van der Waals surface area contributed by atoms with Gasteiger partial charge in [-0.3, -0.25) is 0 Å². The first-order valence-electron chi connectivity index (χ1n) is 3.39. The van der Waals surface area contributed by atoms with Gasteiger partial charge >= 0.3 is 0 Å². The Morgan fingerprint density at radius 3 is 2.64 bits per heavy atom. The minimum absolute atomic E-state index is 0.448. The molecule has 0 bridgehead atoms. The van der Waals surface area contributed by atoms with Crippen LogP contribution in [0.5, 0.6) is 0 Å². The van der Waals surface area contributed by atoms with E-state index >= 15 is 0 Å². The molecular weight excluding hydrogens is 142 g/mol. The molecule has 0 atom stereocenters. The second-order valence-electron chi connectivity index (χ2n) is 2.27. The van der Waals surface area contributed by atoms with E-state index in [9.17, 15) is 0 Å². The first-order valence-corrected chi connectivity index (χ1v) is 3.39. The van der Waals surface area contributed by atoms with Gasteiger partial charge in [0.05, 0.1) is 0 Å².